The van der Waals surface area contributed by atoms with Crippen molar-refractivity contribution in [2.75, 3.05) is 5.73 Å². The second kappa shape index (κ2) is 5.66. The first kappa shape index (κ1) is 13.5. The molecule has 1 aromatic rings. The first-order valence-electron chi connectivity index (χ1n) is 5.94. The van der Waals surface area contributed by atoms with Crippen molar-refractivity contribution in [1.82, 2.24) is 10.3 Å². The Bertz CT molecular complexity index is 371. The van der Waals surface area contributed by atoms with E-state index in [4.69, 9.17) is 5.73 Å². The molecule has 0 bridgehead atoms. The summed E-state index contributed by atoms with van der Waals surface area (Å²) in [7, 11) is 0. The smallest absolute Gasteiger partial charge is 0.226 e. The van der Waals surface area contributed by atoms with E-state index in [1.165, 1.54) is 0 Å². The summed E-state index contributed by atoms with van der Waals surface area (Å²) in [5.74, 6) is 0.000668. The first-order chi connectivity index (χ1) is 7.93. The van der Waals surface area contributed by atoms with Gasteiger partial charge in [-0.15, -0.1) is 0 Å². The van der Waals surface area contributed by atoms with E-state index in [2.05, 4.69) is 17.2 Å². The summed E-state index contributed by atoms with van der Waals surface area (Å²) in [5, 5.41) is 3.01. The van der Waals surface area contributed by atoms with Gasteiger partial charge in [0.1, 0.15) is 0 Å². The van der Waals surface area contributed by atoms with Crippen molar-refractivity contribution < 1.29 is 4.79 Å². The fourth-order valence-corrected chi connectivity index (χ4v) is 1.81. The van der Waals surface area contributed by atoms with Crippen LogP contribution in [-0.2, 0) is 11.2 Å². The second-order valence-corrected chi connectivity index (χ2v) is 4.94. The Balaban J connectivity index is 2.52. The van der Waals surface area contributed by atoms with Gasteiger partial charge in [0, 0.05) is 11.2 Å². The van der Waals surface area contributed by atoms with Crippen molar-refractivity contribution in [2.45, 2.75) is 45.6 Å². The number of nitrogen functional groups attached to an aromatic ring is 1. The highest BCUT2D eigenvalue weighted by Gasteiger charge is 2.19. The predicted molar refractivity (Wildman–Crippen MR) is 69.5 cm³/mol. The molecule has 17 heavy (non-hydrogen) atoms. The maximum absolute atomic E-state index is 11.8. The summed E-state index contributed by atoms with van der Waals surface area (Å²) in [6.07, 6.45) is 3.88. The zero-order chi connectivity index (χ0) is 12.9. The van der Waals surface area contributed by atoms with Gasteiger partial charge in [-0.25, -0.2) is 0 Å². The summed E-state index contributed by atoms with van der Waals surface area (Å²) >= 11 is 0. The van der Waals surface area contributed by atoms with E-state index in [1.54, 1.807) is 18.3 Å². The van der Waals surface area contributed by atoms with Crippen molar-refractivity contribution in [2.24, 2.45) is 0 Å². The summed E-state index contributed by atoms with van der Waals surface area (Å²) in [4.78, 5) is 15.9. The minimum atomic E-state index is -0.153. The summed E-state index contributed by atoms with van der Waals surface area (Å²) in [5.41, 5.74) is 6.73. The van der Waals surface area contributed by atoms with E-state index in [0.29, 0.717) is 12.1 Å². The van der Waals surface area contributed by atoms with Crippen LogP contribution in [0.2, 0.25) is 0 Å². The fraction of sp³-hybridized carbons (Fsp3) is 0.538. The third-order valence-corrected chi connectivity index (χ3v) is 2.54. The molecule has 0 fully saturated rings. The minimum absolute atomic E-state index is 0.000668. The number of nitrogens with one attached hydrogen (secondary N) is 1. The minimum Gasteiger partial charge on any atom is -0.397 e. The van der Waals surface area contributed by atoms with Crippen molar-refractivity contribution in [3.63, 3.8) is 0 Å². The van der Waals surface area contributed by atoms with Crippen molar-refractivity contribution in [3.8, 4) is 0 Å². The van der Waals surface area contributed by atoms with Gasteiger partial charge in [0.25, 0.3) is 0 Å². The number of nitrogens with two attached hydrogens (primary N) is 1. The van der Waals surface area contributed by atoms with Crippen LogP contribution in [0.15, 0.2) is 18.3 Å². The molecule has 0 radical (unpaired) electrons. The lowest BCUT2D eigenvalue weighted by Gasteiger charge is -2.25. The number of aromatic nitrogens is 1. The molecule has 0 spiro atoms. The fourth-order valence-electron chi connectivity index (χ4n) is 1.81. The lowest BCUT2D eigenvalue weighted by atomic mass is 9.98. The number of carbonyl (C=O) groups excluding carboxylic acids is 1. The van der Waals surface area contributed by atoms with E-state index in [-0.39, 0.29) is 11.4 Å². The van der Waals surface area contributed by atoms with Crippen LogP contribution in [-0.4, -0.2) is 16.4 Å². The Kier molecular flexibility index (Phi) is 4.49. The molecule has 0 aliphatic carbocycles. The number of pyridine rings is 1. The molecule has 0 aromatic carbocycles. The van der Waals surface area contributed by atoms with Crippen LogP contribution in [0.1, 0.15) is 39.3 Å². The van der Waals surface area contributed by atoms with Gasteiger partial charge in [0.15, 0.2) is 0 Å². The summed E-state index contributed by atoms with van der Waals surface area (Å²) in [6, 6.07) is 3.54. The van der Waals surface area contributed by atoms with Gasteiger partial charge < -0.3 is 11.1 Å². The average molecular weight is 235 g/mol. The van der Waals surface area contributed by atoms with Crippen molar-refractivity contribution >= 4 is 11.6 Å². The SMILES string of the molecule is CCCC(C)(C)NC(=O)Cc1ccc(N)cn1. The highest BCUT2D eigenvalue weighted by molar-refractivity contribution is 5.78. The Hall–Kier alpha value is -1.58. The van der Waals surface area contributed by atoms with Crippen LogP contribution in [0, 0.1) is 0 Å². The van der Waals surface area contributed by atoms with Gasteiger partial charge in [-0.3, -0.25) is 9.78 Å². The molecular formula is C13H21N3O. The van der Waals surface area contributed by atoms with Gasteiger partial charge in [-0.05, 0) is 32.4 Å². The number of amides is 1. The average Bonchev–Trinajstić information content (AvgIpc) is 2.20. The van der Waals surface area contributed by atoms with Crippen LogP contribution < -0.4 is 11.1 Å². The predicted octanol–water partition coefficient (Wildman–Crippen LogP) is 1.90. The molecule has 0 saturated carbocycles. The largest absolute Gasteiger partial charge is 0.397 e. The lowest BCUT2D eigenvalue weighted by Crippen LogP contribution is -2.44. The lowest BCUT2D eigenvalue weighted by molar-refractivity contribution is -0.122. The second-order valence-electron chi connectivity index (χ2n) is 4.94. The van der Waals surface area contributed by atoms with Crippen LogP contribution in [0.3, 0.4) is 0 Å². The quantitative estimate of drug-likeness (QED) is 0.819. The maximum atomic E-state index is 11.8. The molecule has 1 aromatic heterocycles. The summed E-state index contributed by atoms with van der Waals surface area (Å²) < 4.78 is 0. The van der Waals surface area contributed by atoms with Gasteiger partial charge in [-0.2, -0.15) is 0 Å². The third kappa shape index (κ3) is 4.85. The topological polar surface area (TPSA) is 68.0 Å². The Morgan fingerprint density at radius 1 is 1.47 bits per heavy atom. The molecular weight excluding hydrogens is 214 g/mol. The van der Waals surface area contributed by atoms with E-state index < -0.39 is 0 Å². The molecule has 94 valence electrons. The normalized spacial score (nSPS) is 11.2. The molecule has 0 aliphatic rings. The van der Waals surface area contributed by atoms with E-state index >= 15 is 0 Å². The molecule has 4 heteroatoms. The van der Waals surface area contributed by atoms with Crippen LogP contribution in [0.5, 0.6) is 0 Å². The molecule has 1 rings (SSSR count). The molecule has 1 heterocycles. The number of carbonyl (C=O) groups is 1. The van der Waals surface area contributed by atoms with Gasteiger partial charge in [-0.1, -0.05) is 13.3 Å². The number of rotatable bonds is 5. The highest BCUT2D eigenvalue weighted by Crippen LogP contribution is 2.11. The zero-order valence-corrected chi connectivity index (χ0v) is 10.8. The number of nitrogens with zero attached hydrogens (tertiary/aromatic N) is 1. The first-order valence-corrected chi connectivity index (χ1v) is 5.94. The Morgan fingerprint density at radius 3 is 2.71 bits per heavy atom. The van der Waals surface area contributed by atoms with Crippen LogP contribution in [0.4, 0.5) is 5.69 Å². The van der Waals surface area contributed by atoms with Gasteiger partial charge in [0.2, 0.25) is 5.91 Å². The van der Waals surface area contributed by atoms with Crippen molar-refractivity contribution in [1.29, 1.82) is 0 Å². The third-order valence-electron chi connectivity index (χ3n) is 2.54. The molecule has 0 aliphatic heterocycles. The Labute approximate surface area is 103 Å². The maximum Gasteiger partial charge on any atom is 0.226 e. The summed E-state index contributed by atoms with van der Waals surface area (Å²) in [6.45, 7) is 6.17. The number of hydrogen-bond acceptors (Lipinski definition) is 3. The molecule has 0 saturated heterocycles. The molecule has 0 unspecified atom stereocenters. The van der Waals surface area contributed by atoms with Gasteiger partial charge in [0.05, 0.1) is 18.3 Å². The van der Waals surface area contributed by atoms with Gasteiger partial charge >= 0.3 is 0 Å². The molecule has 4 nitrogen and oxygen atoms in total. The van der Waals surface area contributed by atoms with Crippen LogP contribution in [0.25, 0.3) is 0 Å². The standard InChI is InChI=1S/C13H21N3O/c1-4-7-13(2,3)16-12(17)8-11-6-5-10(14)9-15-11/h5-6,9H,4,7-8,14H2,1-3H3,(H,16,17). The number of hydrogen-bond donors (Lipinski definition) is 2. The number of anilines is 1. The zero-order valence-electron chi connectivity index (χ0n) is 10.8. The monoisotopic (exact) mass is 235 g/mol. The molecule has 3 N–H and O–H groups in total. The highest BCUT2D eigenvalue weighted by atomic mass is 16.1. The van der Waals surface area contributed by atoms with E-state index in [1.807, 2.05) is 13.8 Å². The Morgan fingerprint density at radius 2 is 2.18 bits per heavy atom. The van der Waals surface area contributed by atoms with Crippen molar-refractivity contribution in [3.05, 3.63) is 24.0 Å². The van der Waals surface area contributed by atoms with E-state index in [9.17, 15) is 4.79 Å². The molecule has 1 amide bonds. The van der Waals surface area contributed by atoms with Crippen LogP contribution >= 0.6 is 0 Å². The molecule has 0 atom stereocenters. The van der Waals surface area contributed by atoms with E-state index in [0.717, 1.165) is 18.5 Å².